The first kappa shape index (κ1) is 18.4. The molecule has 3 heterocycles. The Morgan fingerprint density at radius 2 is 2.03 bits per heavy atom. The lowest BCUT2D eigenvalue weighted by Gasteiger charge is -2.08. The number of benzene rings is 1. The van der Waals surface area contributed by atoms with E-state index in [0.717, 1.165) is 11.3 Å². The summed E-state index contributed by atoms with van der Waals surface area (Å²) in [6.45, 7) is 2.02. The number of esters is 1. The van der Waals surface area contributed by atoms with Crippen LogP contribution in [0.15, 0.2) is 55.1 Å². The van der Waals surface area contributed by atoms with Crippen molar-refractivity contribution >= 4 is 23.2 Å². The summed E-state index contributed by atoms with van der Waals surface area (Å²) in [6, 6.07) is 9.13. The summed E-state index contributed by atoms with van der Waals surface area (Å²) in [6.07, 6.45) is 6.20. The van der Waals surface area contributed by atoms with Crippen molar-refractivity contribution < 1.29 is 14.3 Å². The van der Waals surface area contributed by atoms with Gasteiger partial charge in [-0.15, -0.1) is 0 Å². The van der Waals surface area contributed by atoms with Gasteiger partial charge in [-0.2, -0.15) is 10.2 Å². The lowest BCUT2D eigenvalue weighted by molar-refractivity contribution is 0.0528. The van der Waals surface area contributed by atoms with Crippen LogP contribution >= 0.6 is 0 Å². The Kier molecular flexibility index (Phi) is 4.78. The summed E-state index contributed by atoms with van der Waals surface area (Å²) in [5.41, 5.74) is 3.33. The summed E-state index contributed by atoms with van der Waals surface area (Å²) in [5, 5.41) is 11.2. The number of rotatable bonds is 5. The molecule has 0 bridgehead atoms. The van der Waals surface area contributed by atoms with Crippen LogP contribution in [0.2, 0.25) is 0 Å². The smallest absolute Gasteiger partial charge is 0.343 e. The fraction of sp³-hybridized carbons (Fsp3) is 0.150. The molecule has 0 fully saturated rings. The van der Waals surface area contributed by atoms with Crippen LogP contribution in [0.1, 0.15) is 27.6 Å². The number of aromatic nitrogens is 5. The van der Waals surface area contributed by atoms with Gasteiger partial charge in [0.15, 0.2) is 5.65 Å². The van der Waals surface area contributed by atoms with Crippen molar-refractivity contribution in [1.82, 2.24) is 24.4 Å². The minimum atomic E-state index is -0.468. The summed E-state index contributed by atoms with van der Waals surface area (Å²) in [5.74, 6) is -0.719. The third kappa shape index (κ3) is 3.57. The minimum absolute atomic E-state index is 0.251. The average Bonchev–Trinajstić information content (AvgIpc) is 3.34. The van der Waals surface area contributed by atoms with Crippen LogP contribution in [0.4, 0.5) is 5.69 Å². The Bertz CT molecular complexity index is 1210. The molecule has 29 heavy (non-hydrogen) atoms. The normalized spacial score (nSPS) is 10.8. The molecule has 1 aromatic carbocycles. The first-order valence-electron chi connectivity index (χ1n) is 8.97. The predicted octanol–water partition coefficient (Wildman–Crippen LogP) is 2.56. The Hall–Kier alpha value is -4.01. The lowest BCUT2D eigenvalue weighted by Crippen LogP contribution is -2.11. The van der Waals surface area contributed by atoms with Crippen LogP contribution in [-0.4, -0.2) is 42.9 Å². The summed E-state index contributed by atoms with van der Waals surface area (Å²) in [4.78, 5) is 28.8. The van der Waals surface area contributed by atoms with Gasteiger partial charge in [0.1, 0.15) is 5.56 Å². The fourth-order valence-electron chi connectivity index (χ4n) is 2.96. The van der Waals surface area contributed by atoms with Gasteiger partial charge in [0.05, 0.1) is 30.3 Å². The zero-order valence-corrected chi connectivity index (χ0v) is 15.9. The maximum Gasteiger partial charge on any atom is 0.343 e. The number of amides is 1. The van der Waals surface area contributed by atoms with Crippen LogP contribution in [0.5, 0.6) is 0 Å². The highest BCUT2D eigenvalue weighted by atomic mass is 16.5. The molecular formula is C20H18N6O3. The van der Waals surface area contributed by atoms with E-state index < -0.39 is 5.97 Å². The Labute approximate surface area is 165 Å². The third-order valence-corrected chi connectivity index (χ3v) is 4.28. The quantitative estimate of drug-likeness (QED) is 0.525. The highest BCUT2D eigenvalue weighted by molar-refractivity contribution is 6.04. The van der Waals surface area contributed by atoms with E-state index in [0.29, 0.717) is 22.5 Å². The Balaban J connectivity index is 1.67. The topological polar surface area (TPSA) is 103 Å². The number of ether oxygens (including phenoxy) is 1. The molecule has 1 amide bonds. The second kappa shape index (κ2) is 7.55. The average molecular weight is 390 g/mol. The van der Waals surface area contributed by atoms with Crippen molar-refractivity contribution in [3.05, 3.63) is 66.2 Å². The molecule has 0 unspecified atom stereocenters. The Morgan fingerprint density at radius 3 is 2.79 bits per heavy atom. The molecule has 4 aromatic rings. The van der Waals surface area contributed by atoms with Crippen molar-refractivity contribution in [1.29, 1.82) is 0 Å². The van der Waals surface area contributed by atoms with Gasteiger partial charge in [0.25, 0.3) is 5.91 Å². The number of anilines is 1. The Morgan fingerprint density at radius 1 is 1.17 bits per heavy atom. The van der Waals surface area contributed by atoms with Gasteiger partial charge >= 0.3 is 5.97 Å². The van der Waals surface area contributed by atoms with Crippen LogP contribution < -0.4 is 5.32 Å². The number of carbonyl (C=O) groups is 2. The largest absolute Gasteiger partial charge is 0.462 e. The number of nitrogens with zero attached hydrogens (tertiary/aromatic N) is 5. The van der Waals surface area contributed by atoms with Crippen molar-refractivity contribution in [3.63, 3.8) is 0 Å². The lowest BCUT2D eigenvalue weighted by atomic mass is 10.1. The van der Waals surface area contributed by atoms with E-state index in [1.807, 2.05) is 18.2 Å². The molecule has 0 saturated heterocycles. The maximum absolute atomic E-state index is 12.4. The molecule has 0 saturated carbocycles. The van der Waals surface area contributed by atoms with Crippen molar-refractivity contribution in [2.45, 2.75) is 6.92 Å². The molecule has 146 valence electrons. The molecule has 9 nitrogen and oxygen atoms in total. The SMILES string of the molecule is CCOC(=O)c1cnn2c(-c3cccc(NC(=O)c4cnn(C)c4)c3)ccnc12. The maximum atomic E-state index is 12.4. The first-order chi connectivity index (χ1) is 14.1. The molecule has 0 aliphatic carbocycles. The molecule has 0 spiro atoms. The van der Waals surface area contributed by atoms with Gasteiger partial charge < -0.3 is 10.1 Å². The summed E-state index contributed by atoms with van der Waals surface area (Å²) >= 11 is 0. The molecule has 9 heteroatoms. The van der Waals surface area contributed by atoms with E-state index in [1.165, 1.54) is 12.4 Å². The van der Waals surface area contributed by atoms with Crippen molar-refractivity contribution in [3.8, 4) is 11.3 Å². The minimum Gasteiger partial charge on any atom is -0.462 e. The molecule has 0 aliphatic heterocycles. The molecular weight excluding hydrogens is 372 g/mol. The highest BCUT2D eigenvalue weighted by Crippen LogP contribution is 2.24. The molecule has 3 aromatic heterocycles. The van der Waals surface area contributed by atoms with E-state index in [2.05, 4.69) is 20.5 Å². The third-order valence-electron chi connectivity index (χ3n) is 4.28. The van der Waals surface area contributed by atoms with Crippen LogP contribution in [0.3, 0.4) is 0 Å². The summed E-state index contributed by atoms with van der Waals surface area (Å²) in [7, 11) is 1.75. The highest BCUT2D eigenvalue weighted by Gasteiger charge is 2.17. The van der Waals surface area contributed by atoms with E-state index in [9.17, 15) is 9.59 Å². The molecule has 0 aliphatic rings. The van der Waals surface area contributed by atoms with E-state index in [-0.39, 0.29) is 12.5 Å². The van der Waals surface area contributed by atoms with Crippen molar-refractivity contribution in [2.24, 2.45) is 7.05 Å². The zero-order chi connectivity index (χ0) is 20.4. The molecule has 1 N–H and O–H groups in total. The van der Waals surface area contributed by atoms with Gasteiger partial charge in [-0.1, -0.05) is 12.1 Å². The number of hydrogen-bond donors (Lipinski definition) is 1. The van der Waals surface area contributed by atoms with Crippen LogP contribution in [0.25, 0.3) is 16.9 Å². The zero-order valence-electron chi connectivity index (χ0n) is 15.9. The molecule has 0 atom stereocenters. The van der Waals surface area contributed by atoms with E-state index in [4.69, 9.17) is 4.74 Å². The summed E-state index contributed by atoms with van der Waals surface area (Å²) < 4.78 is 8.21. The first-order valence-corrected chi connectivity index (χ1v) is 8.97. The van der Waals surface area contributed by atoms with Gasteiger partial charge in [0, 0.05) is 30.7 Å². The van der Waals surface area contributed by atoms with Crippen molar-refractivity contribution in [2.75, 3.05) is 11.9 Å². The standard InChI is InChI=1S/C20H18N6O3/c1-3-29-20(28)16-11-23-26-17(7-8-21-18(16)26)13-5-4-6-15(9-13)24-19(27)14-10-22-25(2)12-14/h4-12H,3H2,1-2H3,(H,24,27). The number of hydrogen-bond acceptors (Lipinski definition) is 6. The number of nitrogens with one attached hydrogen (secondary N) is 1. The monoisotopic (exact) mass is 390 g/mol. The van der Waals surface area contributed by atoms with Crippen LogP contribution in [0, 0.1) is 0 Å². The molecule has 4 rings (SSSR count). The number of aryl methyl sites for hydroxylation is 1. The fourth-order valence-corrected chi connectivity index (χ4v) is 2.96. The van der Waals surface area contributed by atoms with Gasteiger partial charge in [-0.05, 0) is 25.1 Å². The van der Waals surface area contributed by atoms with Crippen LogP contribution in [-0.2, 0) is 11.8 Å². The van der Waals surface area contributed by atoms with Gasteiger partial charge in [-0.3, -0.25) is 9.48 Å². The van der Waals surface area contributed by atoms with E-state index in [1.54, 1.807) is 47.7 Å². The predicted molar refractivity (Wildman–Crippen MR) is 106 cm³/mol. The number of carbonyl (C=O) groups excluding carboxylic acids is 2. The van der Waals surface area contributed by atoms with E-state index >= 15 is 0 Å². The van der Waals surface area contributed by atoms with Gasteiger partial charge in [0.2, 0.25) is 0 Å². The number of fused-ring (bicyclic) bond motifs is 1. The van der Waals surface area contributed by atoms with Gasteiger partial charge in [-0.25, -0.2) is 14.3 Å². The second-order valence-electron chi connectivity index (χ2n) is 6.28. The molecule has 0 radical (unpaired) electrons. The second-order valence-corrected chi connectivity index (χ2v) is 6.28.